The van der Waals surface area contributed by atoms with Crippen molar-refractivity contribution in [2.45, 2.75) is 70.9 Å². The van der Waals surface area contributed by atoms with Gasteiger partial charge in [-0.15, -0.1) is 0 Å². The molecular formula is C15H25N3O. The summed E-state index contributed by atoms with van der Waals surface area (Å²) in [6.07, 6.45) is 5.83. The van der Waals surface area contributed by atoms with Crippen molar-refractivity contribution in [1.29, 1.82) is 0 Å². The molecule has 0 aliphatic heterocycles. The Labute approximate surface area is 115 Å². The van der Waals surface area contributed by atoms with E-state index in [1.807, 2.05) is 13.0 Å². The molecule has 4 heteroatoms. The van der Waals surface area contributed by atoms with Gasteiger partial charge in [0, 0.05) is 23.7 Å². The van der Waals surface area contributed by atoms with E-state index >= 15 is 0 Å². The van der Waals surface area contributed by atoms with Gasteiger partial charge in [0.05, 0.1) is 0 Å². The van der Waals surface area contributed by atoms with E-state index in [-0.39, 0.29) is 12.1 Å². The third-order valence-corrected chi connectivity index (χ3v) is 3.64. The third-order valence-electron chi connectivity index (χ3n) is 3.64. The van der Waals surface area contributed by atoms with Crippen LogP contribution in [0.5, 0.6) is 5.88 Å². The van der Waals surface area contributed by atoms with Crippen molar-refractivity contribution in [1.82, 2.24) is 9.97 Å². The molecule has 2 N–H and O–H groups in total. The highest BCUT2D eigenvalue weighted by Gasteiger charge is 2.22. The second-order valence-corrected chi connectivity index (χ2v) is 5.82. The number of nitrogens with two attached hydrogens (primary N) is 1. The third kappa shape index (κ3) is 3.90. The maximum absolute atomic E-state index is 6.19. The van der Waals surface area contributed by atoms with Crippen LogP contribution >= 0.6 is 0 Å². The highest BCUT2D eigenvalue weighted by molar-refractivity contribution is 5.17. The zero-order chi connectivity index (χ0) is 13.8. The lowest BCUT2D eigenvalue weighted by Gasteiger charge is -2.22. The van der Waals surface area contributed by atoms with Gasteiger partial charge < -0.3 is 10.5 Å². The minimum absolute atomic E-state index is 0.0943. The van der Waals surface area contributed by atoms with Crippen LogP contribution in [0.25, 0.3) is 0 Å². The van der Waals surface area contributed by atoms with Crippen LogP contribution < -0.4 is 10.5 Å². The molecule has 0 radical (unpaired) electrons. The number of hydrogen-bond donors (Lipinski definition) is 1. The maximum atomic E-state index is 6.19. The lowest BCUT2D eigenvalue weighted by molar-refractivity contribution is 0.155. The molecule has 1 saturated carbocycles. The van der Waals surface area contributed by atoms with Crippen LogP contribution in [-0.4, -0.2) is 22.1 Å². The number of aromatic nitrogens is 2. The molecule has 19 heavy (non-hydrogen) atoms. The van der Waals surface area contributed by atoms with E-state index in [1.165, 1.54) is 19.3 Å². The number of rotatable bonds is 3. The van der Waals surface area contributed by atoms with E-state index < -0.39 is 0 Å². The highest BCUT2D eigenvalue weighted by Crippen LogP contribution is 2.22. The van der Waals surface area contributed by atoms with Crippen molar-refractivity contribution >= 4 is 0 Å². The summed E-state index contributed by atoms with van der Waals surface area (Å²) in [5.74, 6) is 1.83. The molecule has 4 nitrogen and oxygen atoms in total. The van der Waals surface area contributed by atoms with Gasteiger partial charge in [-0.05, 0) is 26.2 Å². The summed E-state index contributed by atoms with van der Waals surface area (Å²) in [6, 6.07) is 2.03. The quantitative estimate of drug-likeness (QED) is 0.852. The molecule has 106 valence electrons. The zero-order valence-corrected chi connectivity index (χ0v) is 12.2. The minimum atomic E-state index is 0.0943. The largest absolute Gasteiger partial charge is 0.473 e. The van der Waals surface area contributed by atoms with Crippen LogP contribution in [0.15, 0.2) is 6.07 Å². The predicted molar refractivity (Wildman–Crippen MR) is 76.3 cm³/mol. The van der Waals surface area contributed by atoms with Crippen molar-refractivity contribution in [2.24, 2.45) is 5.73 Å². The van der Waals surface area contributed by atoms with Crippen molar-refractivity contribution in [3.8, 4) is 5.88 Å². The normalized spacial score (nSPS) is 24.3. The first-order valence-electron chi connectivity index (χ1n) is 7.34. The standard InChI is InChI=1S/C15H25N3O/c1-10(2)15-17-11(3)9-14(18-15)19-13-8-6-4-5-7-12(13)16/h9-10,12-13H,4-8,16H2,1-3H3. The number of aryl methyl sites for hydroxylation is 1. The Morgan fingerprint density at radius 1 is 1.21 bits per heavy atom. The van der Waals surface area contributed by atoms with Gasteiger partial charge in [-0.25, -0.2) is 4.98 Å². The SMILES string of the molecule is Cc1cc(OC2CCCCCC2N)nc(C(C)C)n1. The summed E-state index contributed by atoms with van der Waals surface area (Å²) in [4.78, 5) is 8.94. The van der Waals surface area contributed by atoms with Crippen molar-refractivity contribution in [2.75, 3.05) is 0 Å². The van der Waals surface area contributed by atoms with Gasteiger partial charge in [0.2, 0.25) is 5.88 Å². The fraction of sp³-hybridized carbons (Fsp3) is 0.733. The Morgan fingerprint density at radius 3 is 2.68 bits per heavy atom. The molecule has 0 amide bonds. The van der Waals surface area contributed by atoms with Gasteiger partial charge >= 0.3 is 0 Å². The van der Waals surface area contributed by atoms with Gasteiger partial charge in [0.25, 0.3) is 0 Å². The van der Waals surface area contributed by atoms with E-state index in [1.54, 1.807) is 0 Å². The summed E-state index contributed by atoms with van der Waals surface area (Å²) < 4.78 is 6.04. The van der Waals surface area contributed by atoms with Crippen molar-refractivity contribution < 1.29 is 4.74 Å². The Balaban J connectivity index is 2.13. The number of ether oxygens (including phenoxy) is 1. The fourth-order valence-electron chi connectivity index (χ4n) is 2.48. The number of hydrogen-bond acceptors (Lipinski definition) is 4. The van der Waals surface area contributed by atoms with Crippen LogP contribution in [-0.2, 0) is 0 Å². The molecule has 2 rings (SSSR count). The van der Waals surface area contributed by atoms with Crippen molar-refractivity contribution in [3.63, 3.8) is 0 Å². The molecular weight excluding hydrogens is 238 g/mol. The van der Waals surface area contributed by atoms with Gasteiger partial charge in [0.15, 0.2) is 0 Å². The van der Waals surface area contributed by atoms with Gasteiger partial charge in [-0.3, -0.25) is 0 Å². The van der Waals surface area contributed by atoms with Crippen LogP contribution in [0.1, 0.15) is 63.4 Å². The first kappa shape index (κ1) is 14.3. The second-order valence-electron chi connectivity index (χ2n) is 5.82. The molecule has 1 aromatic heterocycles. The van der Waals surface area contributed by atoms with Crippen LogP contribution in [0.2, 0.25) is 0 Å². The molecule has 1 fully saturated rings. The molecule has 1 aliphatic rings. The van der Waals surface area contributed by atoms with E-state index in [0.29, 0.717) is 11.8 Å². The molecule has 0 saturated heterocycles. The summed E-state index contributed by atoms with van der Waals surface area (Å²) in [6.45, 7) is 6.17. The van der Waals surface area contributed by atoms with Crippen LogP contribution in [0.4, 0.5) is 0 Å². The zero-order valence-electron chi connectivity index (χ0n) is 12.2. The summed E-state index contributed by atoms with van der Waals surface area (Å²) in [5.41, 5.74) is 7.15. The fourth-order valence-corrected chi connectivity index (χ4v) is 2.48. The van der Waals surface area contributed by atoms with Crippen LogP contribution in [0.3, 0.4) is 0 Å². The maximum Gasteiger partial charge on any atom is 0.217 e. The highest BCUT2D eigenvalue weighted by atomic mass is 16.5. The Bertz CT molecular complexity index is 420. The molecule has 2 atom stereocenters. The second kappa shape index (κ2) is 6.33. The van der Waals surface area contributed by atoms with E-state index in [2.05, 4.69) is 23.8 Å². The number of nitrogens with zero attached hydrogens (tertiary/aromatic N) is 2. The van der Waals surface area contributed by atoms with Gasteiger partial charge in [-0.1, -0.05) is 26.7 Å². The average Bonchev–Trinajstić information content (AvgIpc) is 2.54. The minimum Gasteiger partial charge on any atom is -0.473 e. The average molecular weight is 263 g/mol. The predicted octanol–water partition coefficient (Wildman–Crippen LogP) is 2.95. The Morgan fingerprint density at radius 2 is 1.95 bits per heavy atom. The van der Waals surface area contributed by atoms with E-state index in [4.69, 9.17) is 10.5 Å². The van der Waals surface area contributed by atoms with Gasteiger partial charge in [0.1, 0.15) is 11.9 Å². The van der Waals surface area contributed by atoms with E-state index in [0.717, 1.165) is 24.4 Å². The summed E-state index contributed by atoms with van der Waals surface area (Å²) in [7, 11) is 0. The smallest absolute Gasteiger partial charge is 0.217 e. The molecule has 0 aromatic carbocycles. The first-order valence-corrected chi connectivity index (χ1v) is 7.34. The van der Waals surface area contributed by atoms with E-state index in [9.17, 15) is 0 Å². The molecule has 0 bridgehead atoms. The summed E-state index contributed by atoms with van der Waals surface area (Å²) >= 11 is 0. The van der Waals surface area contributed by atoms with Gasteiger partial charge in [-0.2, -0.15) is 4.98 Å². The Kier molecular flexibility index (Phi) is 4.75. The molecule has 1 aromatic rings. The van der Waals surface area contributed by atoms with Crippen LogP contribution in [0, 0.1) is 6.92 Å². The molecule has 0 spiro atoms. The molecule has 1 aliphatic carbocycles. The lowest BCUT2D eigenvalue weighted by Crippen LogP contribution is -2.38. The molecule has 2 unspecified atom stereocenters. The summed E-state index contributed by atoms with van der Waals surface area (Å²) in [5, 5.41) is 0. The Hall–Kier alpha value is -1.16. The molecule has 1 heterocycles. The monoisotopic (exact) mass is 263 g/mol. The topological polar surface area (TPSA) is 61.0 Å². The first-order chi connectivity index (χ1) is 9.06. The van der Waals surface area contributed by atoms with Crippen molar-refractivity contribution in [3.05, 3.63) is 17.6 Å². The lowest BCUT2D eigenvalue weighted by atomic mass is 10.1.